The van der Waals surface area contributed by atoms with Gasteiger partial charge in [-0.05, 0) is 25.8 Å². The van der Waals surface area contributed by atoms with Crippen LogP contribution in [0.15, 0.2) is 37.5 Å². The van der Waals surface area contributed by atoms with Gasteiger partial charge in [0, 0.05) is 13.1 Å². The fourth-order valence-corrected chi connectivity index (χ4v) is 1.39. The number of nitrogens with zero attached hydrogens (tertiary/aromatic N) is 1. The van der Waals surface area contributed by atoms with Gasteiger partial charge < -0.3 is 4.90 Å². The Balaban J connectivity index is 0. The Labute approximate surface area is 109 Å². The summed E-state index contributed by atoms with van der Waals surface area (Å²) in [5.41, 5.74) is 1.13. The predicted octanol–water partition coefficient (Wildman–Crippen LogP) is 4.82. The molecule has 0 amide bonds. The second-order valence-corrected chi connectivity index (χ2v) is 3.88. The first-order valence-corrected chi connectivity index (χ1v) is 6.88. The average molecular weight is 237 g/mol. The molecule has 0 heterocycles. The zero-order valence-corrected chi connectivity index (χ0v) is 12.2. The second kappa shape index (κ2) is 15.2. The van der Waals surface area contributed by atoms with Gasteiger partial charge in [-0.2, -0.15) is 0 Å². The zero-order valence-electron chi connectivity index (χ0n) is 12.2. The fraction of sp³-hybridized carbons (Fsp3) is 0.625. The molecule has 0 radical (unpaired) electrons. The van der Waals surface area contributed by atoms with Gasteiger partial charge in [0.25, 0.3) is 0 Å². The Morgan fingerprint density at radius 1 is 1.12 bits per heavy atom. The van der Waals surface area contributed by atoms with Crippen molar-refractivity contribution in [3.8, 4) is 0 Å². The largest absolute Gasteiger partial charge is 0.303 e. The van der Waals surface area contributed by atoms with E-state index in [0.717, 1.165) is 31.5 Å². The van der Waals surface area contributed by atoms with E-state index in [4.69, 9.17) is 0 Å². The third-order valence-corrected chi connectivity index (χ3v) is 2.52. The molecule has 0 aliphatic heterocycles. The van der Waals surface area contributed by atoms with Crippen molar-refractivity contribution >= 4 is 0 Å². The van der Waals surface area contributed by atoms with Crippen molar-refractivity contribution in [2.75, 3.05) is 19.6 Å². The lowest BCUT2D eigenvalue weighted by Crippen LogP contribution is -2.27. The maximum Gasteiger partial charge on any atom is 0.00217 e. The Morgan fingerprint density at radius 3 is 2.24 bits per heavy atom. The van der Waals surface area contributed by atoms with Crippen LogP contribution < -0.4 is 0 Å². The van der Waals surface area contributed by atoms with Crippen LogP contribution in [0.2, 0.25) is 0 Å². The van der Waals surface area contributed by atoms with Crippen molar-refractivity contribution in [1.29, 1.82) is 0 Å². The van der Waals surface area contributed by atoms with Crippen LogP contribution in [0.4, 0.5) is 0 Å². The maximum absolute atomic E-state index is 3.94. The summed E-state index contributed by atoms with van der Waals surface area (Å²) in [6.07, 6.45) is 8.48. The lowest BCUT2D eigenvalue weighted by molar-refractivity contribution is 0.278. The predicted molar refractivity (Wildman–Crippen MR) is 81.5 cm³/mol. The summed E-state index contributed by atoms with van der Waals surface area (Å²) in [6.45, 7) is 21.1. The maximum atomic E-state index is 3.94. The highest BCUT2D eigenvalue weighted by Crippen LogP contribution is 2.04. The smallest absolute Gasteiger partial charge is 0.00217 e. The highest BCUT2D eigenvalue weighted by Gasteiger charge is 2.02. The summed E-state index contributed by atoms with van der Waals surface area (Å²) < 4.78 is 0. The van der Waals surface area contributed by atoms with Gasteiger partial charge >= 0.3 is 0 Å². The molecule has 17 heavy (non-hydrogen) atoms. The van der Waals surface area contributed by atoms with Crippen LogP contribution in [0.25, 0.3) is 0 Å². The van der Waals surface area contributed by atoms with Gasteiger partial charge in [0.1, 0.15) is 0 Å². The molecule has 0 aliphatic rings. The fourth-order valence-electron chi connectivity index (χ4n) is 1.39. The normalized spacial score (nSPS) is 9.41. The summed E-state index contributed by atoms with van der Waals surface area (Å²) in [6, 6.07) is 0. The summed E-state index contributed by atoms with van der Waals surface area (Å²) in [5, 5.41) is 0. The van der Waals surface area contributed by atoms with Gasteiger partial charge in [-0.1, -0.05) is 58.1 Å². The van der Waals surface area contributed by atoms with E-state index in [-0.39, 0.29) is 0 Å². The SMILES string of the molecule is C=CCCN(CCCC)CCC(=C)C=C.CC. The molecule has 0 aliphatic carbocycles. The van der Waals surface area contributed by atoms with Gasteiger partial charge in [-0.3, -0.25) is 0 Å². The van der Waals surface area contributed by atoms with Crippen LogP contribution in [0, 0.1) is 0 Å². The molecule has 0 bridgehead atoms. The molecule has 0 aromatic heterocycles. The first kappa shape index (κ1) is 18.5. The summed E-state index contributed by atoms with van der Waals surface area (Å²) >= 11 is 0. The topological polar surface area (TPSA) is 3.24 Å². The first-order valence-electron chi connectivity index (χ1n) is 6.88. The molecule has 0 atom stereocenters. The van der Waals surface area contributed by atoms with Crippen molar-refractivity contribution in [1.82, 2.24) is 4.90 Å². The van der Waals surface area contributed by atoms with Crippen molar-refractivity contribution in [3.63, 3.8) is 0 Å². The first-order chi connectivity index (χ1) is 8.24. The average Bonchev–Trinajstić information content (AvgIpc) is 2.39. The number of unbranched alkanes of at least 4 members (excludes halogenated alkanes) is 1. The van der Waals surface area contributed by atoms with Crippen LogP contribution in [-0.4, -0.2) is 24.5 Å². The Bertz CT molecular complexity index is 194. The van der Waals surface area contributed by atoms with Crippen LogP contribution in [0.3, 0.4) is 0 Å². The number of rotatable bonds is 10. The zero-order chi connectivity index (χ0) is 13.5. The molecule has 0 fully saturated rings. The van der Waals surface area contributed by atoms with E-state index in [1.807, 2.05) is 26.0 Å². The minimum absolute atomic E-state index is 1.03. The molecule has 0 unspecified atom stereocenters. The quantitative estimate of drug-likeness (QED) is 0.389. The summed E-state index contributed by atoms with van der Waals surface area (Å²) in [5.74, 6) is 0. The van der Waals surface area contributed by atoms with Gasteiger partial charge in [-0.25, -0.2) is 0 Å². The van der Waals surface area contributed by atoms with E-state index in [9.17, 15) is 0 Å². The van der Waals surface area contributed by atoms with Crippen LogP contribution >= 0.6 is 0 Å². The number of hydrogen-bond donors (Lipinski definition) is 0. The van der Waals surface area contributed by atoms with Crippen molar-refractivity contribution < 1.29 is 0 Å². The molecule has 0 spiro atoms. The molecule has 100 valence electrons. The van der Waals surface area contributed by atoms with E-state index in [1.54, 1.807) is 0 Å². The second-order valence-electron chi connectivity index (χ2n) is 3.88. The lowest BCUT2D eigenvalue weighted by Gasteiger charge is -2.21. The van der Waals surface area contributed by atoms with Crippen LogP contribution in [0.5, 0.6) is 0 Å². The molecule has 0 aromatic carbocycles. The monoisotopic (exact) mass is 237 g/mol. The highest BCUT2D eigenvalue weighted by molar-refractivity contribution is 5.10. The molecule has 1 heteroatoms. The molecule has 0 N–H and O–H groups in total. The Morgan fingerprint density at radius 2 is 1.76 bits per heavy atom. The third kappa shape index (κ3) is 13.1. The van der Waals surface area contributed by atoms with Gasteiger partial charge in [0.05, 0.1) is 0 Å². The third-order valence-electron chi connectivity index (χ3n) is 2.52. The summed E-state index contributed by atoms with van der Waals surface area (Å²) in [4.78, 5) is 2.49. The van der Waals surface area contributed by atoms with Gasteiger partial charge in [-0.15, -0.1) is 6.58 Å². The minimum Gasteiger partial charge on any atom is -0.303 e. The van der Waals surface area contributed by atoms with E-state index in [1.165, 1.54) is 19.4 Å². The van der Waals surface area contributed by atoms with Crippen LogP contribution in [0.1, 0.15) is 46.5 Å². The highest BCUT2D eigenvalue weighted by atomic mass is 15.1. The van der Waals surface area contributed by atoms with E-state index < -0.39 is 0 Å². The van der Waals surface area contributed by atoms with Gasteiger partial charge in [0.2, 0.25) is 0 Å². The molecule has 0 saturated carbocycles. The van der Waals surface area contributed by atoms with Crippen molar-refractivity contribution in [3.05, 3.63) is 37.5 Å². The number of allylic oxidation sites excluding steroid dienone is 1. The van der Waals surface area contributed by atoms with Crippen molar-refractivity contribution in [2.24, 2.45) is 0 Å². The Hall–Kier alpha value is -0.820. The number of hydrogen-bond acceptors (Lipinski definition) is 1. The standard InChI is InChI=1S/C14H25N.C2H6/c1-5-8-11-15(12-9-6-2)13-10-14(4)7-3;1-2/h5,7H,1,3-4,6,8-13H2,2H3;1-2H3. The molecule has 0 rings (SSSR count). The van der Waals surface area contributed by atoms with E-state index >= 15 is 0 Å². The minimum atomic E-state index is 1.03. The van der Waals surface area contributed by atoms with Gasteiger partial charge in [0.15, 0.2) is 0 Å². The Kier molecular flexibility index (Phi) is 16.6. The van der Waals surface area contributed by atoms with Crippen LogP contribution in [-0.2, 0) is 0 Å². The molecular weight excluding hydrogens is 206 g/mol. The van der Waals surface area contributed by atoms with E-state index in [0.29, 0.717) is 0 Å². The molecule has 0 saturated heterocycles. The summed E-state index contributed by atoms with van der Waals surface area (Å²) in [7, 11) is 0. The molecule has 1 nitrogen and oxygen atoms in total. The molecular formula is C16H31N. The lowest BCUT2D eigenvalue weighted by atomic mass is 10.2. The molecule has 0 aromatic rings. The van der Waals surface area contributed by atoms with E-state index in [2.05, 4.69) is 31.6 Å². The van der Waals surface area contributed by atoms with Crippen molar-refractivity contribution in [2.45, 2.75) is 46.5 Å².